The Morgan fingerprint density at radius 3 is 2.87 bits per heavy atom. The number of nitrogens with zero attached hydrogens (tertiary/aromatic N) is 2. The fourth-order valence-corrected chi connectivity index (χ4v) is 2.90. The summed E-state index contributed by atoms with van der Waals surface area (Å²) < 4.78 is 5.79. The van der Waals surface area contributed by atoms with Gasteiger partial charge in [-0.05, 0) is 49.9 Å². The molecule has 3 rings (SSSR count). The highest BCUT2D eigenvalue weighted by Gasteiger charge is 2.26. The molecule has 23 heavy (non-hydrogen) atoms. The van der Waals surface area contributed by atoms with Crippen LogP contribution in [0, 0.1) is 12.8 Å². The summed E-state index contributed by atoms with van der Waals surface area (Å²) in [5.74, 6) is 1.51. The van der Waals surface area contributed by atoms with Crippen LogP contribution in [0.5, 0.6) is 5.75 Å². The van der Waals surface area contributed by atoms with E-state index in [9.17, 15) is 4.79 Å². The number of ether oxygens (including phenoxy) is 1. The van der Waals surface area contributed by atoms with Crippen molar-refractivity contribution in [1.29, 1.82) is 0 Å². The number of amides is 1. The van der Waals surface area contributed by atoms with Crippen molar-refractivity contribution in [2.24, 2.45) is 5.92 Å². The van der Waals surface area contributed by atoms with Crippen molar-refractivity contribution in [3.05, 3.63) is 59.9 Å². The maximum Gasteiger partial charge on any atom is 0.255 e. The van der Waals surface area contributed by atoms with Crippen LogP contribution in [0.2, 0.25) is 0 Å². The first-order valence-corrected chi connectivity index (χ1v) is 8.11. The SMILES string of the molecule is Cc1ccc(OCC[C@H]2CCN(C(=O)c3cccnc3)C2)cc1. The molecule has 1 aliphatic rings. The lowest BCUT2D eigenvalue weighted by Gasteiger charge is -2.16. The molecule has 1 aliphatic heterocycles. The molecule has 1 aromatic heterocycles. The lowest BCUT2D eigenvalue weighted by molar-refractivity contribution is 0.0785. The van der Waals surface area contributed by atoms with Gasteiger partial charge in [-0.2, -0.15) is 0 Å². The number of rotatable bonds is 5. The molecule has 0 aliphatic carbocycles. The Morgan fingerprint density at radius 1 is 1.30 bits per heavy atom. The van der Waals surface area contributed by atoms with Crippen molar-refractivity contribution in [1.82, 2.24) is 9.88 Å². The summed E-state index contributed by atoms with van der Waals surface area (Å²) in [6, 6.07) is 11.7. The van der Waals surface area contributed by atoms with Crippen LogP contribution in [0.4, 0.5) is 0 Å². The molecule has 1 atom stereocenters. The molecular weight excluding hydrogens is 288 g/mol. The zero-order chi connectivity index (χ0) is 16.1. The van der Waals surface area contributed by atoms with Gasteiger partial charge in [-0.25, -0.2) is 0 Å². The first-order chi connectivity index (χ1) is 11.2. The van der Waals surface area contributed by atoms with Crippen LogP contribution < -0.4 is 4.74 Å². The number of hydrogen-bond donors (Lipinski definition) is 0. The molecule has 2 heterocycles. The molecule has 1 saturated heterocycles. The minimum absolute atomic E-state index is 0.0834. The third-order valence-corrected chi connectivity index (χ3v) is 4.30. The van der Waals surface area contributed by atoms with Crippen LogP contribution in [0.1, 0.15) is 28.8 Å². The summed E-state index contributed by atoms with van der Waals surface area (Å²) >= 11 is 0. The van der Waals surface area contributed by atoms with E-state index in [2.05, 4.69) is 24.0 Å². The molecule has 4 nitrogen and oxygen atoms in total. The first-order valence-electron chi connectivity index (χ1n) is 8.11. The van der Waals surface area contributed by atoms with E-state index in [0.29, 0.717) is 18.1 Å². The van der Waals surface area contributed by atoms with Gasteiger partial charge >= 0.3 is 0 Å². The van der Waals surface area contributed by atoms with Gasteiger partial charge in [0.2, 0.25) is 0 Å². The van der Waals surface area contributed by atoms with E-state index in [1.54, 1.807) is 18.5 Å². The fourth-order valence-electron chi connectivity index (χ4n) is 2.90. The summed E-state index contributed by atoms with van der Waals surface area (Å²) in [7, 11) is 0. The lowest BCUT2D eigenvalue weighted by Crippen LogP contribution is -2.28. The summed E-state index contributed by atoms with van der Waals surface area (Å²) in [6.45, 7) is 4.40. The molecular formula is C19H22N2O2. The fraction of sp³-hybridized carbons (Fsp3) is 0.368. The maximum atomic E-state index is 12.4. The van der Waals surface area contributed by atoms with Gasteiger partial charge in [-0.3, -0.25) is 9.78 Å². The van der Waals surface area contributed by atoms with Crippen LogP contribution in [0.3, 0.4) is 0 Å². The number of benzene rings is 1. The van der Waals surface area contributed by atoms with E-state index in [0.717, 1.165) is 31.7 Å². The Morgan fingerprint density at radius 2 is 2.13 bits per heavy atom. The van der Waals surface area contributed by atoms with E-state index >= 15 is 0 Å². The van der Waals surface area contributed by atoms with Crippen LogP contribution in [0.15, 0.2) is 48.8 Å². The van der Waals surface area contributed by atoms with Crippen LogP contribution >= 0.6 is 0 Å². The van der Waals surface area contributed by atoms with Crippen LogP contribution in [0.25, 0.3) is 0 Å². The van der Waals surface area contributed by atoms with Gasteiger partial charge in [-0.15, -0.1) is 0 Å². The number of aryl methyl sites for hydroxylation is 1. The van der Waals surface area contributed by atoms with Crippen molar-refractivity contribution in [3.8, 4) is 5.75 Å². The predicted molar refractivity (Wildman–Crippen MR) is 89.5 cm³/mol. The second-order valence-electron chi connectivity index (χ2n) is 6.10. The monoisotopic (exact) mass is 310 g/mol. The topological polar surface area (TPSA) is 42.4 Å². The lowest BCUT2D eigenvalue weighted by atomic mass is 10.1. The molecule has 0 spiro atoms. The zero-order valence-corrected chi connectivity index (χ0v) is 13.4. The summed E-state index contributed by atoms with van der Waals surface area (Å²) in [6.07, 6.45) is 5.34. The van der Waals surface area contributed by atoms with Gasteiger partial charge in [0.1, 0.15) is 5.75 Å². The average Bonchev–Trinajstić information content (AvgIpc) is 3.06. The molecule has 0 N–H and O–H groups in total. The molecule has 1 aromatic carbocycles. The molecule has 1 fully saturated rings. The van der Waals surface area contributed by atoms with Crippen molar-refractivity contribution < 1.29 is 9.53 Å². The second-order valence-corrected chi connectivity index (χ2v) is 6.10. The van der Waals surface area contributed by atoms with Crippen molar-refractivity contribution in [2.45, 2.75) is 19.8 Å². The summed E-state index contributed by atoms with van der Waals surface area (Å²) in [5.41, 5.74) is 1.90. The van der Waals surface area contributed by atoms with Crippen molar-refractivity contribution in [2.75, 3.05) is 19.7 Å². The molecule has 0 unspecified atom stereocenters. The van der Waals surface area contributed by atoms with Gasteiger partial charge in [0, 0.05) is 25.5 Å². The smallest absolute Gasteiger partial charge is 0.255 e. The number of carbonyl (C=O) groups excluding carboxylic acids is 1. The van der Waals surface area contributed by atoms with Crippen LogP contribution in [-0.4, -0.2) is 35.5 Å². The number of hydrogen-bond acceptors (Lipinski definition) is 3. The summed E-state index contributed by atoms with van der Waals surface area (Å²) in [4.78, 5) is 18.3. The number of carbonyl (C=O) groups is 1. The van der Waals surface area contributed by atoms with E-state index in [4.69, 9.17) is 4.74 Å². The third-order valence-electron chi connectivity index (χ3n) is 4.30. The minimum atomic E-state index is 0.0834. The number of likely N-dealkylation sites (tertiary alicyclic amines) is 1. The Kier molecular flexibility index (Phi) is 4.91. The number of aromatic nitrogens is 1. The normalized spacial score (nSPS) is 17.3. The second kappa shape index (κ2) is 7.27. The molecule has 4 heteroatoms. The molecule has 0 bridgehead atoms. The van der Waals surface area contributed by atoms with Gasteiger partial charge in [0.05, 0.1) is 12.2 Å². The highest BCUT2D eigenvalue weighted by molar-refractivity contribution is 5.94. The Labute approximate surface area is 137 Å². The maximum absolute atomic E-state index is 12.4. The Balaban J connectivity index is 1.45. The average molecular weight is 310 g/mol. The quantitative estimate of drug-likeness (QED) is 0.851. The largest absolute Gasteiger partial charge is 0.494 e. The summed E-state index contributed by atoms with van der Waals surface area (Å²) in [5, 5.41) is 0. The number of pyridine rings is 1. The van der Waals surface area contributed by atoms with Gasteiger partial charge < -0.3 is 9.64 Å². The highest BCUT2D eigenvalue weighted by atomic mass is 16.5. The van der Waals surface area contributed by atoms with Gasteiger partial charge in [-0.1, -0.05) is 17.7 Å². The first kappa shape index (κ1) is 15.5. The molecule has 1 amide bonds. The molecule has 2 aromatic rings. The standard InChI is InChI=1S/C19H22N2O2/c1-15-4-6-18(7-5-15)23-12-9-16-8-11-21(14-16)19(22)17-3-2-10-20-13-17/h2-7,10,13,16H,8-9,11-12,14H2,1H3/t16-/m1/s1. The Hall–Kier alpha value is -2.36. The predicted octanol–water partition coefficient (Wildman–Crippen LogP) is 3.32. The third kappa shape index (κ3) is 4.09. The zero-order valence-electron chi connectivity index (χ0n) is 13.4. The molecule has 120 valence electrons. The molecule has 0 radical (unpaired) electrons. The van der Waals surface area contributed by atoms with E-state index in [1.165, 1.54) is 5.56 Å². The van der Waals surface area contributed by atoms with E-state index in [1.807, 2.05) is 23.1 Å². The van der Waals surface area contributed by atoms with Crippen molar-refractivity contribution >= 4 is 5.91 Å². The van der Waals surface area contributed by atoms with Gasteiger partial charge in [0.25, 0.3) is 5.91 Å². The van der Waals surface area contributed by atoms with Gasteiger partial charge in [0.15, 0.2) is 0 Å². The Bertz CT molecular complexity index is 640. The van der Waals surface area contributed by atoms with Crippen LogP contribution in [-0.2, 0) is 0 Å². The van der Waals surface area contributed by atoms with E-state index < -0.39 is 0 Å². The molecule has 0 saturated carbocycles. The van der Waals surface area contributed by atoms with Crippen molar-refractivity contribution in [3.63, 3.8) is 0 Å². The minimum Gasteiger partial charge on any atom is -0.494 e. The van der Waals surface area contributed by atoms with E-state index in [-0.39, 0.29) is 5.91 Å². The highest BCUT2D eigenvalue weighted by Crippen LogP contribution is 2.22.